The Morgan fingerprint density at radius 2 is 2.19 bits per heavy atom. The van der Waals surface area contributed by atoms with Gasteiger partial charge in [0.15, 0.2) is 0 Å². The largest absolute Gasteiger partial charge is 0.469 e. The number of furan rings is 1. The van der Waals surface area contributed by atoms with Crippen molar-refractivity contribution in [3.05, 3.63) is 47.9 Å². The van der Waals surface area contributed by atoms with Gasteiger partial charge in [-0.2, -0.15) is 0 Å². The maximum Gasteiger partial charge on any atom is 0.340 e. The Labute approximate surface area is 124 Å². The van der Waals surface area contributed by atoms with Crippen molar-refractivity contribution in [2.75, 3.05) is 18.2 Å². The second kappa shape index (κ2) is 6.83. The normalized spacial score (nSPS) is 11.9. The van der Waals surface area contributed by atoms with E-state index in [0.717, 1.165) is 24.3 Å². The Morgan fingerprint density at radius 1 is 1.38 bits per heavy atom. The van der Waals surface area contributed by atoms with Crippen LogP contribution < -0.4 is 11.1 Å². The van der Waals surface area contributed by atoms with Gasteiger partial charge in [-0.25, -0.2) is 4.79 Å². The van der Waals surface area contributed by atoms with Gasteiger partial charge in [-0.05, 0) is 37.6 Å². The van der Waals surface area contributed by atoms with Crippen molar-refractivity contribution >= 4 is 17.3 Å². The number of rotatable bonds is 6. The molecule has 0 aliphatic heterocycles. The Balaban J connectivity index is 2.00. The number of hydrogen-bond acceptors (Lipinski definition) is 5. The first kappa shape index (κ1) is 15.0. The number of para-hydroxylation sites is 1. The van der Waals surface area contributed by atoms with Crippen LogP contribution in [0.3, 0.4) is 0 Å². The van der Waals surface area contributed by atoms with Crippen LogP contribution in [0.1, 0.15) is 29.5 Å². The molecule has 5 heteroatoms. The van der Waals surface area contributed by atoms with Gasteiger partial charge in [-0.3, -0.25) is 0 Å². The molecule has 1 aromatic heterocycles. The van der Waals surface area contributed by atoms with E-state index in [1.54, 1.807) is 18.4 Å². The quantitative estimate of drug-likeness (QED) is 0.631. The van der Waals surface area contributed by atoms with Crippen molar-refractivity contribution in [2.24, 2.45) is 0 Å². The van der Waals surface area contributed by atoms with Crippen LogP contribution in [-0.4, -0.2) is 19.1 Å². The number of carbonyl (C=O) groups is 1. The molecule has 0 aliphatic carbocycles. The molecule has 5 nitrogen and oxygen atoms in total. The summed E-state index contributed by atoms with van der Waals surface area (Å²) in [7, 11) is 1.34. The average Bonchev–Trinajstić information content (AvgIpc) is 3.00. The first-order valence-corrected chi connectivity index (χ1v) is 6.87. The molecule has 1 atom stereocenters. The van der Waals surface area contributed by atoms with E-state index in [1.807, 2.05) is 18.2 Å². The molecular formula is C16H20N2O3. The predicted molar refractivity (Wildman–Crippen MR) is 82.3 cm³/mol. The number of benzene rings is 1. The second-order valence-electron chi connectivity index (χ2n) is 4.92. The van der Waals surface area contributed by atoms with Gasteiger partial charge in [-0.1, -0.05) is 6.07 Å². The maximum absolute atomic E-state index is 11.6. The number of carbonyl (C=O) groups excluding carboxylic acids is 1. The first-order chi connectivity index (χ1) is 10.1. The fraction of sp³-hybridized carbons (Fsp3) is 0.312. The molecule has 0 aliphatic rings. The smallest absolute Gasteiger partial charge is 0.340 e. The van der Waals surface area contributed by atoms with Gasteiger partial charge >= 0.3 is 5.97 Å². The lowest BCUT2D eigenvalue weighted by Gasteiger charge is -2.17. The van der Waals surface area contributed by atoms with Gasteiger partial charge in [0.25, 0.3) is 0 Å². The number of ether oxygens (including phenoxy) is 1. The fourth-order valence-corrected chi connectivity index (χ4v) is 2.13. The van der Waals surface area contributed by atoms with Gasteiger partial charge in [0.1, 0.15) is 5.76 Å². The molecule has 0 spiro atoms. The van der Waals surface area contributed by atoms with Crippen LogP contribution in [0.4, 0.5) is 11.4 Å². The summed E-state index contributed by atoms with van der Waals surface area (Å²) in [5, 5.41) is 3.32. The van der Waals surface area contributed by atoms with Crippen molar-refractivity contribution in [1.82, 2.24) is 0 Å². The van der Waals surface area contributed by atoms with Crippen LogP contribution in [0.2, 0.25) is 0 Å². The van der Waals surface area contributed by atoms with Crippen molar-refractivity contribution in [3.63, 3.8) is 0 Å². The Morgan fingerprint density at radius 3 is 2.86 bits per heavy atom. The highest BCUT2D eigenvalue weighted by Crippen LogP contribution is 2.24. The van der Waals surface area contributed by atoms with Crippen LogP contribution in [0, 0.1) is 0 Å². The standard InChI is InChI=1S/C16H20N2O3/c1-11(8-9-12-5-4-10-21-12)18-14-7-3-6-13(15(14)17)16(19)20-2/h3-7,10-11,18H,8-9,17H2,1-2H3. The molecule has 0 radical (unpaired) electrons. The summed E-state index contributed by atoms with van der Waals surface area (Å²) in [4.78, 5) is 11.6. The molecular weight excluding hydrogens is 268 g/mol. The van der Waals surface area contributed by atoms with E-state index < -0.39 is 5.97 Å². The number of methoxy groups -OCH3 is 1. The molecule has 1 unspecified atom stereocenters. The van der Waals surface area contributed by atoms with E-state index in [2.05, 4.69) is 12.2 Å². The van der Waals surface area contributed by atoms with Gasteiger partial charge in [0.2, 0.25) is 0 Å². The van der Waals surface area contributed by atoms with Crippen LogP contribution in [0.15, 0.2) is 41.0 Å². The van der Waals surface area contributed by atoms with Crippen molar-refractivity contribution in [3.8, 4) is 0 Å². The molecule has 3 N–H and O–H groups in total. The summed E-state index contributed by atoms with van der Waals surface area (Å²) in [6.07, 6.45) is 3.42. The maximum atomic E-state index is 11.6. The highest BCUT2D eigenvalue weighted by atomic mass is 16.5. The summed E-state index contributed by atoms with van der Waals surface area (Å²) >= 11 is 0. The molecule has 112 valence electrons. The molecule has 2 rings (SSSR count). The van der Waals surface area contributed by atoms with Crippen molar-refractivity contribution < 1.29 is 13.9 Å². The zero-order valence-electron chi connectivity index (χ0n) is 12.3. The zero-order valence-corrected chi connectivity index (χ0v) is 12.3. The van der Waals surface area contributed by atoms with Crippen molar-refractivity contribution in [1.29, 1.82) is 0 Å². The van der Waals surface area contributed by atoms with E-state index in [0.29, 0.717) is 11.3 Å². The number of esters is 1. The van der Waals surface area contributed by atoms with E-state index in [9.17, 15) is 4.79 Å². The third-order valence-electron chi connectivity index (χ3n) is 3.32. The van der Waals surface area contributed by atoms with E-state index in [4.69, 9.17) is 14.9 Å². The van der Waals surface area contributed by atoms with E-state index >= 15 is 0 Å². The highest BCUT2D eigenvalue weighted by Gasteiger charge is 2.14. The third-order valence-corrected chi connectivity index (χ3v) is 3.32. The molecule has 0 saturated heterocycles. The molecule has 21 heavy (non-hydrogen) atoms. The van der Waals surface area contributed by atoms with Crippen LogP contribution in [0.25, 0.3) is 0 Å². The summed E-state index contributed by atoms with van der Waals surface area (Å²) in [6.45, 7) is 2.06. The predicted octanol–water partition coefficient (Wildman–Crippen LogP) is 3.08. The zero-order chi connectivity index (χ0) is 15.2. The van der Waals surface area contributed by atoms with Gasteiger partial charge in [0, 0.05) is 12.5 Å². The molecule has 0 saturated carbocycles. The number of nitrogen functional groups attached to an aromatic ring is 1. The monoisotopic (exact) mass is 288 g/mol. The number of hydrogen-bond donors (Lipinski definition) is 2. The number of anilines is 2. The molecule has 2 aromatic rings. The second-order valence-corrected chi connectivity index (χ2v) is 4.92. The minimum absolute atomic E-state index is 0.199. The molecule has 1 aromatic carbocycles. The van der Waals surface area contributed by atoms with Crippen LogP contribution in [-0.2, 0) is 11.2 Å². The van der Waals surface area contributed by atoms with Crippen LogP contribution in [0.5, 0.6) is 0 Å². The number of aryl methyl sites for hydroxylation is 1. The van der Waals surface area contributed by atoms with Gasteiger partial charge < -0.3 is 20.2 Å². The lowest BCUT2D eigenvalue weighted by molar-refractivity contribution is 0.0602. The number of nitrogens with two attached hydrogens (primary N) is 1. The Kier molecular flexibility index (Phi) is 4.87. The average molecular weight is 288 g/mol. The van der Waals surface area contributed by atoms with E-state index in [-0.39, 0.29) is 6.04 Å². The summed E-state index contributed by atoms with van der Waals surface area (Å²) in [5.74, 6) is 0.527. The van der Waals surface area contributed by atoms with Crippen molar-refractivity contribution in [2.45, 2.75) is 25.8 Å². The molecule has 0 amide bonds. The molecule has 1 heterocycles. The summed E-state index contributed by atoms with van der Waals surface area (Å²) in [6, 6.07) is 9.32. The highest BCUT2D eigenvalue weighted by molar-refractivity contribution is 5.98. The molecule has 0 fully saturated rings. The first-order valence-electron chi connectivity index (χ1n) is 6.87. The Hall–Kier alpha value is -2.43. The molecule has 0 bridgehead atoms. The fourth-order valence-electron chi connectivity index (χ4n) is 2.13. The lowest BCUT2D eigenvalue weighted by atomic mass is 10.1. The van der Waals surface area contributed by atoms with Gasteiger partial charge in [-0.15, -0.1) is 0 Å². The summed E-state index contributed by atoms with van der Waals surface area (Å²) < 4.78 is 10.0. The minimum Gasteiger partial charge on any atom is -0.469 e. The minimum atomic E-state index is -0.431. The number of nitrogens with one attached hydrogen (secondary N) is 1. The SMILES string of the molecule is COC(=O)c1cccc(NC(C)CCc2ccco2)c1N. The summed E-state index contributed by atoms with van der Waals surface area (Å²) in [5.41, 5.74) is 7.54. The topological polar surface area (TPSA) is 77.5 Å². The lowest BCUT2D eigenvalue weighted by Crippen LogP contribution is -2.18. The van der Waals surface area contributed by atoms with Crippen LogP contribution >= 0.6 is 0 Å². The van der Waals surface area contributed by atoms with Gasteiger partial charge in [0.05, 0.1) is 30.3 Å². The third kappa shape index (κ3) is 3.78. The van der Waals surface area contributed by atoms with E-state index in [1.165, 1.54) is 7.11 Å². The Bertz CT molecular complexity index is 594.